The lowest BCUT2D eigenvalue weighted by atomic mass is 9.84. The molecular weight excluding hydrogens is 272 g/mol. The van der Waals surface area contributed by atoms with Crippen molar-refractivity contribution in [1.82, 2.24) is 0 Å². The highest BCUT2D eigenvalue weighted by atomic mass is 16.3. The highest BCUT2D eigenvalue weighted by Gasteiger charge is 2.25. The molecule has 1 aliphatic carbocycles. The van der Waals surface area contributed by atoms with Crippen molar-refractivity contribution in [2.45, 2.75) is 12.2 Å². The smallest absolute Gasteiger partial charge is 0.110 e. The second-order valence-electron chi connectivity index (χ2n) is 6.03. The minimum absolute atomic E-state index is 0.834. The molecule has 0 amide bonds. The Kier molecular flexibility index (Phi) is 2.25. The maximum Gasteiger partial charge on any atom is 0.110 e. The van der Waals surface area contributed by atoms with E-state index in [1.807, 2.05) is 6.08 Å². The molecule has 2 N–H and O–H groups in total. The van der Waals surface area contributed by atoms with E-state index >= 15 is 0 Å². The molecule has 0 aromatic heterocycles. The van der Waals surface area contributed by atoms with Crippen molar-refractivity contribution in [3.8, 4) is 0 Å². The molecule has 0 bridgehead atoms. The summed E-state index contributed by atoms with van der Waals surface area (Å²) in [6, 6.07) is 16.9. The summed E-state index contributed by atoms with van der Waals surface area (Å²) in [6.45, 7) is 0. The van der Waals surface area contributed by atoms with Crippen LogP contribution in [0.1, 0.15) is 17.2 Å². The van der Waals surface area contributed by atoms with Crippen LogP contribution in [0.15, 0.2) is 54.6 Å². The molecule has 106 valence electrons. The molecular formula is C20H14O2. The summed E-state index contributed by atoms with van der Waals surface area (Å²) in [5.74, 6) is 0. The molecule has 4 aromatic rings. The average molecular weight is 286 g/mol. The number of hydrogen-bond acceptors (Lipinski definition) is 2. The van der Waals surface area contributed by atoms with E-state index in [-0.39, 0.29) is 0 Å². The molecule has 0 spiro atoms. The molecule has 0 heterocycles. The fourth-order valence-electron chi connectivity index (χ4n) is 3.80. The molecule has 0 aliphatic heterocycles. The first-order valence-corrected chi connectivity index (χ1v) is 7.49. The Hall–Kier alpha value is -2.42. The van der Waals surface area contributed by atoms with Crippen molar-refractivity contribution in [3.63, 3.8) is 0 Å². The van der Waals surface area contributed by atoms with Crippen LogP contribution >= 0.6 is 0 Å². The monoisotopic (exact) mass is 286 g/mol. The zero-order valence-electron chi connectivity index (χ0n) is 11.8. The lowest BCUT2D eigenvalue weighted by Gasteiger charge is -2.25. The van der Waals surface area contributed by atoms with Crippen molar-refractivity contribution >= 4 is 38.4 Å². The molecule has 2 nitrogen and oxygen atoms in total. The second kappa shape index (κ2) is 4.07. The van der Waals surface area contributed by atoms with Crippen LogP contribution in [-0.2, 0) is 0 Å². The van der Waals surface area contributed by atoms with Gasteiger partial charge in [-0.25, -0.2) is 0 Å². The standard InChI is InChI=1S/C20H14O2/c21-16-9-7-14-10-13-5-4-11-2-1-3-12-6-8-15(18(13)17(11)12)19(14)20(16)22/h1-10,16,20-22H/t16-,20-/m0/s1. The van der Waals surface area contributed by atoms with E-state index in [9.17, 15) is 10.2 Å². The SMILES string of the molecule is O[C@@H]1c2c(cc3ccc4cccc5ccc2c3c45)C=C[C@@H]1O. The zero-order chi connectivity index (χ0) is 14.8. The van der Waals surface area contributed by atoms with Crippen LogP contribution in [0.5, 0.6) is 0 Å². The minimum atomic E-state index is -0.871. The van der Waals surface area contributed by atoms with Crippen molar-refractivity contribution in [1.29, 1.82) is 0 Å². The summed E-state index contributed by atoms with van der Waals surface area (Å²) in [5.41, 5.74) is 1.82. The van der Waals surface area contributed by atoms with Gasteiger partial charge in [0.05, 0.1) is 0 Å². The van der Waals surface area contributed by atoms with Crippen LogP contribution in [0.2, 0.25) is 0 Å². The van der Waals surface area contributed by atoms with E-state index in [1.54, 1.807) is 6.08 Å². The van der Waals surface area contributed by atoms with Crippen molar-refractivity contribution in [2.24, 2.45) is 0 Å². The van der Waals surface area contributed by atoms with Gasteiger partial charge in [0.15, 0.2) is 0 Å². The predicted molar refractivity (Wildman–Crippen MR) is 90.1 cm³/mol. The van der Waals surface area contributed by atoms with Gasteiger partial charge in [-0.2, -0.15) is 0 Å². The lowest BCUT2D eigenvalue weighted by Crippen LogP contribution is -2.19. The van der Waals surface area contributed by atoms with Crippen LogP contribution in [-0.4, -0.2) is 16.3 Å². The molecule has 0 fully saturated rings. The van der Waals surface area contributed by atoms with Gasteiger partial charge in [0.1, 0.15) is 12.2 Å². The van der Waals surface area contributed by atoms with Gasteiger partial charge in [-0.1, -0.05) is 54.6 Å². The molecule has 0 saturated heterocycles. The molecule has 4 aromatic carbocycles. The van der Waals surface area contributed by atoms with E-state index in [0.717, 1.165) is 16.5 Å². The zero-order valence-corrected chi connectivity index (χ0v) is 11.8. The first-order chi connectivity index (χ1) is 10.7. The number of fused-ring (bicyclic) bond motifs is 2. The fraction of sp³-hybridized carbons (Fsp3) is 0.100. The Balaban J connectivity index is 2.07. The minimum Gasteiger partial charge on any atom is -0.386 e. The molecule has 2 heteroatoms. The largest absolute Gasteiger partial charge is 0.386 e. The summed E-state index contributed by atoms with van der Waals surface area (Å²) < 4.78 is 0. The Bertz CT molecular complexity index is 1050. The Morgan fingerprint density at radius 1 is 0.773 bits per heavy atom. The predicted octanol–water partition coefficient (Wildman–Crippen LogP) is 4.01. The third kappa shape index (κ3) is 1.41. The van der Waals surface area contributed by atoms with Crippen molar-refractivity contribution < 1.29 is 10.2 Å². The molecule has 1 aliphatic rings. The Morgan fingerprint density at radius 3 is 2.32 bits per heavy atom. The molecule has 0 radical (unpaired) electrons. The first-order valence-electron chi connectivity index (χ1n) is 7.49. The lowest BCUT2D eigenvalue weighted by molar-refractivity contribution is 0.0480. The van der Waals surface area contributed by atoms with Gasteiger partial charge in [0.25, 0.3) is 0 Å². The Labute approximate surface area is 127 Å². The summed E-state index contributed by atoms with van der Waals surface area (Å²) in [6.07, 6.45) is 1.85. The van der Waals surface area contributed by atoms with E-state index in [1.165, 1.54) is 26.9 Å². The topological polar surface area (TPSA) is 40.5 Å². The highest BCUT2D eigenvalue weighted by molar-refractivity contribution is 6.24. The van der Waals surface area contributed by atoms with E-state index in [0.29, 0.717) is 0 Å². The number of hydrogen-bond donors (Lipinski definition) is 2. The quantitative estimate of drug-likeness (QED) is 0.480. The van der Waals surface area contributed by atoms with Gasteiger partial charge in [0.2, 0.25) is 0 Å². The van der Waals surface area contributed by atoms with Gasteiger partial charge in [-0.05, 0) is 49.5 Å². The van der Waals surface area contributed by atoms with Crippen LogP contribution in [0, 0.1) is 0 Å². The van der Waals surface area contributed by atoms with Crippen molar-refractivity contribution in [3.05, 3.63) is 65.7 Å². The third-order valence-electron chi connectivity index (χ3n) is 4.81. The molecule has 22 heavy (non-hydrogen) atoms. The Morgan fingerprint density at radius 2 is 1.50 bits per heavy atom. The number of benzene rings is 4. The third-order valence-corrected chi connectivity index (χ3v) is 4.81. The summed E-state index contributed by atoms with van der Waals surface area (Å²) in [4.78, 5) is 0. The molecule has 0 saturated carbocycles. The van der Waals surface area contributed by atoms with Crippen LogP contribution in [0.25, 0.3) is 38.4 Å². The van der Waals surface area contributed by atoms with Crippen LogP contribution in [0.4, 0.5) is 0 Å². The maximum absolute atomic E-state index is 10.5. The first kappa shape index (κ1) is 12.2. The van der Waals surface area contributed by atoms with Crippen LogP contribution in [0.3, 0.4) is 0 Å². The number of rotatable bonds is 0. The summed E-state index contributed by atoms with van der Waals surface area (Å²) in [7, 11) is 0. The molecule has 0 unspecified atom stereocenters. The van der Waals surface area contributed by atoms with Gasteiger partial charge < -0.3 is 10.2 Å². The van der Waals surface area contributed by atoms with E-state index in [2.05, 4.69) is 48.5 Å². The van der Waals surface area contributed by atoms with Gasteiger partial charge >= 0.3 is 0 Å². The average Bonchev–Trinajstić information content (AvgIpc) is 2.55. The van der Waals surface area contributed by atoms with E-state index in [4.69, 9.17) is 0 Å². The van der Waals surface area contributed by atoms with Crippen LogP contribution < -0.4 is 0 Å². The van der Waals surface area contributed by atoms with Gasteiger partial charge in [-0.15, -0.1) is 0 Å². The molecule has 5 rings (SSSR count). The second-order valence-corrected chi connectivity index (χ2v) is 6.03. The van der Waals surface area contributed by atoms with Crippen molar-refractivity contribution in [2.75, 3.05) is 0 Å². The number of aliphatic hydroxyl groups is 2. The molecule has 2 atom stereocenters. The fourth-order valence-corrected chi connectivity index (χ4v) is 3.80. The van der Waals surface area contributed by atoms with E-state index < -0.39 is 12.2 Å². The highest BCUT2D eigenvalue weighted by Crippen LogP contribution is 2.41. The normalized spacial score (nSPS) is 21.0. The van der Waals surface area contributed by atoms with Gasteiger partial charge in [0, 0.05) is 0 Å². The summed E-state index contributed by atoms with van der Waals surface area (Å²) >= 11 is 0. The maximum atomic E-state index is 10.5. The number of aliphatic hydroxyl groups excluding tert-OH is 2. The van der Waals surface area contributed by atoms with Gasteiger partial charge in [-0.3, -0.25) is 0 Å². The summed E-state index contributed by atoms with van der Waals surface area (Å²) in [5, 5.41) is 27.5.